The molecule has 2 heterocycles. The molecule has 78 valence electrons. The zero-order chi connectivity index (χ0) is 10.7. The number of rotatable bonds is 3. The molecule has 2 aromatic rings. The summed E-state index contributed by atoms with van der Waals surface area (Å²) in [5.41, 5.74) is 2.37. The first kappa shape index (κ1) is 9.41. The van der Waals surface area contributed by atoms with Gasteiger partial charge >= 0.3 is 0 Å². The molecular weight excluding hydrogens is 194 g/mol. The molecule has 0 radical (unpaired) electrons. The minimum Gasteiger partial charge on any atom is -0.323 e. The van der Waals surface area contributed by atoms with Crippen LogP contribution < -0.4 is 16.6 Å². The van der Waals surface area contributed by atoms with Crippen molar-refractivity contribution in [3.63, 3.8) is 0 Å². The second-order valence-corrected chi connectivity index (χ2v) is 2.91. The first-order chi connectivity index (χ1) is 7.28. The summed E-state index contributed by atoms with van der Waals surface area (Å²) in [5.74, 6) is 6.91. The Kier molecular flexibility index (Phi) is 2.46. The van der Waals surface area contributed by atoms with Gasteiger partial charge < -0.3 is 5.32 Å². The number of nitrogens with one attached hydrogen (secondary N) is 2. The summed E-state index contributed by atoms with van der Waals surface area (Å²) >= 11 is 0. The van der Waals surface area contributed by atoms with E-state index in [4.69, 9.17) is 5.84 Å². The molecular formula is C8H11N7. The average molecular weight is 205 g/mol. The van der Waals surface area contributed by atoms with Gasteiger partial charge in [-0.15, -0.1) is 0 Å². The second-order valence-electron chi connectivity index (χ2n) is 2.91. The first-order valence-corrected chi connectivity index (χ1v) is 4.34. The fourth-order valence-corrected chi connectivity index (χ4v) is 1.11. The van der Waals surface area contributed by atoms with Gasteiger partial charge in [0.2, 0.25) is 5.95 Å². The van der Waals surface area contributed by atoms with Crippen LogP contribution in [0.25, 0.3) is 0 Å². The molecule has 0 unspecified atom stereocenters. The lowest BCUT2D eigenvalue weighted by atomic mass is 10.5. The minimum atomic E-state index is 0.357. The Balaban J connectivity index is 2.16. The smallest absolute Gasteiger partial charge is 0.239 e. The molecule has 0 aromatic carbocycles. The Morgan fingerprint density at radius 2 is 2.20 bits per heavy atom. The summed E-state index contributed by atoms with van der Waals surface area (Å²) in [7, 11) is 1.85. The van der Waals surface area contributed by atoms with Crippen molar-refractivity contribution in [2.24, 2.45) is 12.9 Å². The molecule has 0 aliphatic carbocycles. The van der Waals surface area contributed by atoms with Crippen LogP contribution in [-0.2, 0) is 7.05 Å². The Hall–Kier alpha value is -2.15. The molecule has 0 saturated carbocycles. The van der Waals surface area contributed by atoms with Crippen LogP contribution in [0.2, 0.25) is 0 Å². The average Bonchev–Trinajstić information content (AvgIpc) is 2.64. The molecule has 0 aliphatic heterocycles. The number of aryl methyl sites for hydroxylation is 1. The summed E-state index contributed by atoms with van der Waals surface area (Å²) in [4.78, 5) is 7.98. The number of aromatic nitrogens is 4. The zero-order valence-corrected chi connectivity index (χ0v) is 8.18. The van der Waals surface area contributed by atoms with Gasteiger partial charge in [0.05, 0.1) is 0 Å². The van der Waals surface area contributed by atoms with Crippen molar-refractivity contribution in [3.05, 3.63) is 24.5 Å². The highest BCUT2D eigenvalue weighted by atomic mass is 15.3. The maximum atomic E-state index is 5.19. The molecule has 0 amide bonds. The van der Waals surface area contributed by atoms with Crippen LogP contribution in [-0.4, -0.2) is 19.7 Å². The van der Waals surface area contributed by atoms with Crippen molar-refractivity contribution in [1.82, 2.24) is 19.7 Å². The number of anilines is 3. The SMILES string of the molecule is Cn1ccc(Nc2ccnc(NN)n2)n1. The van der Waals surface area contributed by atoms with E-state index < -0.39 is 0 Å². The quantitative estimate of drug-likeness (QED) is 0.491. The van der Waals surface area contributed by atoms with Gasteiger partial charge in [-0.05, 0) is 6.07 Å². The van der Waals surface area contributed by atoms with Gasteiger partial charge in [0.1, 0.15) is 5.82 Å². The van der Waals surface area contributed by atoms with Crippen LogP contribution in [0.15, 0.2) is 24.5 Å². The third kappa shape index (κ3) is 2.20. The molecule has 15 heavy (non-hydrogen) atoms. The van der Waals surface area contributed by atoms with Gasteiger partial charge in [-0.2, -0.15) is 10.1 Å². The highest BCUT2D eigenvalue weighted by molar-refractivity contribution is 5.51. The second kappa shape index (κ2) is 3.93. The predicted octanol–water partition coefficient (Wildman–Crippen LogP) is 0.239. The van der Waals surface area contributed by atoms with Crippen molar-refractivity contribution >= 4 is 17.6 Å². The molecule has 0 saturated heterocycles. The molecule has 2 rings (SSSR count). The normalized spacial score (nSPS) is 10.0. The van der Waals surface area contributed by atoms with E-state index in [2.05, 4.69) is 25.8 Å². The number of nitrogens with zero attached hydrogens (tertiary/aromatic N) is 4. The van der Waals surface area contributed by atoms with Crippen LogP contribution in [0.3, 0.4) is 0 Å². The summed E-state index contributed by atoms with van der Waals surface area (Å²) in [6.07, 6.45) is 3.44. The molecule has 2 aromatic heterocycles. The number of hydrazine groups is 1. The lowest BCUT2D eigenvalue weighted by Gasteiger charge is -2.03. The molecule has 0 bridgehead atoms. The van der Waals surface area contributed by atoms with Crippen molar-refractivity contribution in [2.45, 2.75) is 0 Å². The van der Waals surface area contributed by atoms with Crippen molar-refractivity contribution in [2.75, 3.05) is 10.7 Å². The van der Waals surface area contributed by atoms with Crippen LogP contribution in [0.5, 0.6) is 0 Å². The topological polar surface area (TPSA) is 93.7 Å². The fraction of sp³-hybridized carbons (Fsp3) is 0.125. The Labute approximate surface area is 86.3 Å². The van der Waals surface area contributed by atoms with Crippen LogP contribution in [0.4, 0.5) is 17.6 Å². The third-order valence-electron chi connectivity index (χ3n) is 1.75. The minimum absolute atomic E-state index is 0.357. The van der Waals surface area contributed by atoms with E-state index in [1.165, 1.54) is 0 Å². The maximum absolute atomic E-state index is 5.19. The maximum Gasteiger partial charge on any atom is 0.239 e. The summed E-state index contributed by atoms with van der Waals surface area (Å²) in [6, 6.07) is 3.58. The van der Waals surface area contributed by atoms with Gasteiger partial charge in [-0.25, -0.2) is 10.8 Å². The van der Waals surface area contributed by atoms with Gasteiger partial charge in [0, 0.05) is 25.5 Å². The predicted molar refractivity (Wildman–Crippen MR) is 56.3 cm³/mol. The standard InChI is InChI=1S/C8H11N7/c1-15-5-3-7(14-15)11-6-2-4-10-8(12-6)13-9/h2-5H,9H2,1H3,(H2,10,11,12,13,14). The molecule has 7 nitrogen and oxygen atoms in total. The number of nitrogen functional groups attached to an aromatic ring is 1. The Bertz CT molecular complexity index is 450. The highest BCUT2D eigenvalue weighted by Crippen LogP contribution is 2.11. The van der Waals surface area contributed by atoms with Crippen LogP contribution in [0.1, 0.15) is 0 Å². The van der Waals surface area contributed by atoms with Crippen LogP contribution >= 0.6 is 0 Å². The summed E-state index contributed by atoms with van der Waals surface area (Å²) in [5, 5.41) is 7.18. The van der Waals surface area contributed by atoms with Gasteiger partial charge in [-0.1, -0.05) is 0 Å². The van der Waals surface area contributed by atoms with E-state index in [0.29, 0.717) is 11.8 Å². The lowest BCUT2D eigenvalue weighted by Crippen LogP contribution is -2.10. The molecule has 7 heteroatoms. The molecule has 0 atom stereocenters. The Morgan fingerprint density at radius 1 is 1.33 bits per heavy atom. The molecule has 0 fully saturated rings. The molecule has 0 spiro atoms. The fourth-order valence-electron chi connectivity index (χ4n) is 1.11. The van der Waals surface area contributed by atoms with E-state index in [9.17, 15) is 0 Å². The van der Waals surface area contributed by atoms with E-state index in [1.54, 1.807) is 16.9 Å². The Morgan fingerprint density at radius 3 is 2.87 bits per heavy atom. The van der Waals surface area contributed by atoms with Crippen molar-refractivity contribution in [3.8, 4) is 0 Å². The summed E-state index contributed by atoms with van der Waals surface area (Å²) < 4.78 is 1.70. The van der Waals surface area contributed by atoms with E-state index in [0.717, 1.165) is 5.82 Å². The number of hydrogen-bond acceptors (Lipinski definition) is 6. The van der Waals surface area contributed by atoms with E-state index in [-0.39, 0.29) is 0 Å². The van der Waals surface area contributed by atoms with E-state index in [1.807, 2.05) is 19.3 Å². The lowest BCUT2D eigenvalue weighted by molar-refractivity contribution is 0.771. The van der Waals surface area contributed by atoms with Crippen molar-refractivity contribution in [1.29, 1.82) is 0 Å². The van der Waals surface area contributed by atoms with Gasteiger partial charge in [0.15, 0.2) is 5.82 Å². The molecule has 0 aliphatic rings. The number of hydrogen-bond donors (Lipinski definition) is 3. The van der Waals surface area contributed by atoms with Gasteiger partial charge in [0.25, 0.3) is 0 Å². The van der Waals surface area contributed by atoms with Crippen molar-refractivity contribution < 1.29 is 0 Å². The zero-order valence-electron chi connectivity index (χ0n) is 8.18. The number of nitrogens with two attached hydrogens (primary N) is 1. The molecule has 4 N–H and O–H groups in total. The summed E-state index contributed by atoms with van der Waals surface area (Å²) in [6.45, 7) is 0. The van der Waals surface area contributed by atoms with E-state index >= 15 is 0 Å². The third-order valence-corrected chi connectivity index (χ3v) is 1.75. The van der Waals surface area contributed by atoms with Crippen LogP contribution in [0, 0.1) is 0 Å². The first-order valence-electron chi connectivity index (χ1n) is 4.34. The highest BCUT2D eigenvalue weighted by Gasteiger charge is 2.00. The van der Waals surface area contributed by atoms with Gasteiger partial charge in [-0.3, -0.25) is 10.1 Å². The largest absolute Gasteiger partial charge is 0.323 e. The monoisotopic (exact) mass is 205 g/mol.